The van der Waals surface area contributed by atoms with Gasteiger partial charge in [0, 0.05) is 12.3 Å². The molecule has 0 unspecified atom stereocenters. The molecule has 1 fully saturated rings. The van der Waals surface area contributed by atoms with Crippen LogP contribution in [0.25, 0.3) is 0 Å². The van der Waals surface area contributed by atoms with Gasteiger partial charge in [-0.2, -0.15) is 0 Å². The molecule has 4 nitrogen and oxygen atoms in total. The lowest BCUT2D eigenvalue weighted by atomic mass is 9.74. The predicted molar refractivity (Wildman–Crippen MR) is 83.5 cm³/mol. The van der Waals surface area contributed by atoms with E-state index in [1.165, 1.54) is 0 Å². The molecule has 0 aromatic rings. The second kappa shape index (κ2) is 7.76. The number of ether oxygens (including phenoxy) is 1. The van der Waals surface area contributed by atoms with Gasteiger partial charge >= 0.3 is 0 Å². The molecule has 0 saturated heterocycles. The summed E-state index contributed by atoms with van der Waals surface area (Å²) in [7, 11) is -2.96. The Morgan fingerprint density at radius 2 is 1.85 bits per heavy atom. The third-order valence-electron chi connectivity index (χ3n) is 4.57. The SMILES string of the molecule is CCCS(=O)(=O)CCOC1(CN)CCC(C(C)C)CC1. The van der Waals surface area contributed by atoms with Gasteiger partial charge in [0.1, 0.15) is 0 Å². The van der Waals surface area contributed by atoms with Crippen molar-refractivity contribution in [2.75, 3.05) is 24.7 Å². The smallest absolute Gasteiger partial charge is 0.152 e. The molecule has 1 saturated carbocycles. The van der Waals surface area contributed by atoms with Crippen molar-refractivity contribution >= 4 is 9.84 Å². The normalized spacial score (nSPS) is 27.9. The molecule has 0 heterocycles. The molecule has 0 amide bonds. The fourth-order valence-electron chi connectivity index (χ4n) is 3.04. The van der Waals surface area contributed by atoms with Crippen LogP contribution in [0.3, 0.4) is 0 Å². The summed E-state index contributed by atoms with van der Waals surface area (Å²) in [4.78, 5) is 0. The van der Waals surface area contributed by atoms with Crippen molar-refractivity contribution in [2.24, 2.45) is 17.6 Å². The van der Waals surface area contributed by atoms with Crippen LogP contribution in [0.2, 0.25) is 0 Å². The Labute approximate surface area is 124 Å². The van der Waals surface area contributed by atoms with E-state index in [0.717, 1.165) is 31.6 Å². The Hall–Kier alpha value is -0.130. The van der Waals surface area contributed by atoms with E-state index in [1.807, 2.05) is 6.92 Å². The molecular formula is C15H31NO3S. The molecule has 0 aromatic heterocycles. The summed E-state index contributed by atoms with van der Waals surface area (Å²) in [5, 5.41) is 0. The quantitative estimate of drug-likeness (QED) is 0.747. The van der Waals surface area contributed by atoms with Crippen LogP contribution in [0.15, 0.2) is 0 Å². The van der Waals surface area contributed by atoms with Gasteiger partial charge in [0.2, 0.25) is 0 Å². The van der Waals surface area contributed by atoms with E-state index in [2.05, 4.69) is 13.8 Å². The van der Waals surface area contributed by atoms with Crippen LogP contribution < -0.4 is 5.73 Å². The topological polar surface area (TPSA) is 69.4 Å². The average Bonchev–Trinajstić information content (AvgIpc) is 2.39. The van der Waals surface area contributed by atoms with Crippen LogP contribution in [0.5, 0.6) is 0 Å². The van der Waals surface area contributed by atoms with Gasteiger partial charge in [-0.3, -0.25) is 0 Å². The van der Waals surface area contributed by atoms with Crippen LogP contribution in [0.1, 0.15) is 52.9 Å². The first-order chi connectivity index (χ1) is 9.34. The van der Waals surface area contributed by atoms with Gasteiger partial charge in [0.05, 0.1) is 18.0 Å². The van der Waals surface area contributed by atoms with Gasteiger partial charge in [-0.25, -0.2) is 8.42 Å². The van der Waals surface area contributed by atoms with Gasteiger partial charge in [-0.1, -0.05) is 20.8 Å². The fourth-order valence-corrected chi connectivity index (χ4v) is 4.20. The van der Waals surface area contributed by atoms with Crippen molar-refractivity contribution in [3.63, 3.8) is 0 Å². The fraction of sp³-hybridized carbons (Fsp3) is 1.00. The third kappa shape index (κ3) is 5.34. The second-order valence-corrected chi connectivity index (χ2v) is 8.77. The lowest BCUT2D eigenvalue weighted by Gasteiger charge is -2.40. The van der Waals surface area contributed by atoms with E-state index in [4.69, 9.17) is 10.5 Å². The van der Waals surface area contributed by atoms with Crippen molar-refractivity contribution < 1.29 is 13.2 Å². The molecule has 0 bridgehead atoms. The van der Waals surface area contributed by atoms with Crippen molar-refractivity contribution in [3.8, 4) is 0 Å². The molecule has 5 heteroatoms. The molecule has 0 aliphatic heterocycles. The third-order valence-corrected chi connectivity index (χ3v) is 6.39. The maximum atomic E-state index is 11.7. The molecule has 2 N–H and O–H groups in total. The standard InChI is InChI=1S/C15H31NO3S/c1-4-10-20(17,18)11-9-19-15(12-16)7-5-14(6-8-15)13(2)3/h13-14H,4-12,16H2,1-3H3. The Kier molecular flexibility index (Phi) is 6.95. The summed E-state index contributed by atoms with van der Waals surface area (Å²) >= 11 is 0. The van der Waals surface area contributed by atoms with Gasteiger partial charge in [0.15, 0.2) is 9.84 Å². The lowest BCUT2D eigenvalue weighted by molar-refractivity contribution is -0.0683. The predicted octanol–water partition coefficient (Wildman–Crippen LogP) is 2.37. The minimum absolute atomic E-state index is 0.121. The van der Waals surface area contributed by atoms with E-state index in [9.17, 15) is 8.42 Å². The first-order valence-electron chi connectivity index (χ1n) is 7.88. The van der Waals surface area contributed by atoms with Crippen molar-refractivity contribution in [1.82, 2.24) is 0 Å². The Morgan fingerprint density at radius 3 is 2.30 bits per heavy atom. The lowest BCUT2D eigenvalue weighted by Crippen LogP contribution is -2.45. The van der Waals surface area contributed by atoms with E-state index in [0.29, 0.717) is 18.9 Å². The zero-order valence-electron chi connectivity index (χ0n) is 13.2. The van der Waals surface area contributed by atoms with Gasteiger partial charge in [-0.15, -0.1) is 0 Å². The first kappa shape index (κ1) is 17.9. The summed E-state index contributed by atoms with van der Waals surface area (Å²) in [6, 6.07) is 0. The highest BCUT2D eigenvalue weighted by atomic mass is 32.2. The Bertz CT molecular complexity index is 371. The molecule has 20 heavy (non-hydrogen) atoms. The summed E-state index contributed by atoms with van der Waals surface area (Å²) in [5.74, 6) is 1.83. The molecule has 0 spiro atoms. The minimum atomic E-state index is -2.96. The van der Waals surface area contributed by atoms with Crippen molar-refractivity contribution in [1.29, 1.82) is 0 Å². The molecule has 120 valence electrons. The van der Waals surface area contributed by atoms with Gasteiger partial charge in [0.25, 0.3) is 0 Å². The maximum Gasteiger partial charge on any atom is 0.152 e. The molecule has 0 aromatic carbocycles. The van der Waals surface area contributed by atoms with E-state index >= 15 is 0 Å². The zero-order valence-corrected chi connectivity index (χ0v) is 14.0. The molecule has 0 radical (unpaired) electrons. The van der Waals surface area contributed by atoms with Crippen molar-refractivity contribution in [2.45, 2.75) is 58.5 Å². The maximum absolute atomic E-state index is 11.7. The number of sulfone groups is 1. The van der Waals surface area contributed by atoms with Crippen LogP contribution in [0.4, 0.5) is 0 Å². The highest BCUT2D eigenvalue weighted by molar-refractivity contribution is 7.91. The summed E-state index contributed by atoms with van der Waals surface area (Å²) in [6.45, 7) is 7.18. The minimum Gasteiger partial charge on any atom is -0.373 e. The van der Waals surface area contributed by atoms with E-state index in [-0.39, 0.29) is 23.7 Å². The van der Waals surface area contributed by atoms with Gasteiger partial charge in [-0.05, 0) is 43.9 Å². The van der Waals surface area contributed by atoms with Crippen LogP contribution in [-0.2, 0) is 14.6 Å². The monoisotopic (exact) mass is 305 g/mol. The largest absolute Gasteiger partial charge is 0.373 e. The zero-order chi connectivity index (χ0) is 15.2. The number of hydrogen-bond donors (Lipinski definition) is 1. The second-order valence-electron chi connectivity index (χ2n) is 6.47. The van der Waals surface area contributed by atoms with Crippen LogP contribution in [-0.4, -0.2) is 38.7 Å². The Morgan fingerprint density at radius 1 is 1.25 bits per heavy atom. The molecule has 1 rings (SSSR count). The Balaban J connectivity index is 2.44. The first-order valence-corrected chi connectivity index (χ1v) is 9.71. The number of rotatable bonds is 8. The average molecular weight is 305 g/mol. The highest BCUT2D eigenvalue weighted by Crippen LogP contribution is 2.37. The summed E-state index contributed by atoms with van der Waals surface area (Å²) in [5.41, 5.74) is 5.61. The molecular weight excluding hydrogens is 274 g/mol. The molecule has 1 aliphatic rings. The van der Waals surface area contributed by atoms with Crippen LogP contribution >= 0.6 is 0 Å². The number of nitrogens with two attached hydrogens (primary N) is 1. The molecule has 0 atom stereocenters. The summed E-state index contributed by atoms with van der Waals surface area (Å²) < 4.78 is 29.3. The van der Waals surface area contributed by atoms with Gasteiger partial charge < -0.3 is 10.5 Å². The summed E-state index contributed by atoms with van der Waals surface area (Å²) in [6.07, 6.45) is 4.86. The van der Waals surface area contributed by atoms with Crippen LogP contribution in [0, 0.1) is 11.8 Å². The molecule has 1 aliphatic carbocycles. The number of hydrogen-bond acceptors (Lipinski definition) is 4. The van der Waals surface area contributed by atoms with E-state index < -0.39 is 9.84 Å². The van der Waals surface area contributed by atoms with E-state index in [1.54, 1.807) is 0 Å². The highest BCUT2D eigenvalue weighted by Gasteiger charge is 2.36. The van der Waals surface area contributed by atoms with Crippen molar-refractivity contribution in [3.05, 3.63) is 0 Å².